The first-order chi connectivity index (χ1) is 9.50. The number of nitrogens with zero attached hydrogens (tertiary/aromatic N) is 2. The normalized spacial score (nSPS) is 11.7. The van der Waals surface area contributed by atoms with Crippen molar-refractivity contribution in [2.24, 2.45) is 5.73 Å². The van der Waals surface area contributed by atoms with Gasteiger partial charge in [-0.25, -0.2) is 4.98 Å². The van der Waals surface area contributed by atoms with Gasteiger partial charge >= 0.3 is 6.55 Å². The molecular formula is C13H18Cl2F2N4O. The Kier molecular flexibility index (Phi) is 8.29. The molecule has 0 aliphatic rings. The maximum Gasteiger partial charge on any atom is 0.320 e. The van der Waals surface area contributed by atoms with Crippen molar-refractivity contribution in [3.8, 4) is 0 Å². The van der Waals surface area contributed by atoms with Crippen molar-refractivity contribution in [3.05, 3.63) is 30.1 Å². The van der Waals surface area contributed by atoms with Gasteiger partial charge in [-0.3, -0.25) is 9.36 Å². The standard InChI is InChI=1S/C13H16F2N4O.2ClH/c1-8(16)12(20)17-7-6-11-18-9-4-2-3-5-10(9)19(11)13(14)15;;/h2-5,8,13H,6-7,16H2,1H3,(H,17,20);2*1H/t8-;;/m1../s1. The molecule has 0 saturated carbocycles. The van der Waals surface area contributed by atoms with Gasteiger partial charge in [-0.2, -0.15) is 8.78 Å². The van der Waals surface area contributed by atoms with Crippen molar-refractivity contribution >= 4 is 41.8 Å². The number of hydrogen-bond acceptors (Lipinski definition) is 3. The summed E-state index contributed by atoms with van der Waals surface area (Å²) in [4.78, 5) is 15.5. The summed E-state index contributed by atoms with van der Waals surface area (Å²) in [6, 6.07) is 6.08. The number of carbonyl (C=O) groups excluding carboxylic acids is 1. The molecule has 0 spiro atoms. The van der Waals surface area contributed by atoms with E-state index in [2.05, 4.69) is 10.3 Å². The maximum atomic E-state index is 13.1. The number of hydrogen-bond donors (Lipinski definition) is 2. The van der Waals surface area contributed by atoms with Gasteiger partial charge in [-0.1, -0.05) is 12.1 Å². The Bertz CT molecular complexity index is 619. The van der Waals surface area contributed by atoms with Crippen LogP contribution < -0.4 is 11.1 Å². The highest BCUT2D eigenvalue weighted by Gasteiger charge is 2.17. The number of para-hydroxylation sites is 2. The third kappa shape index (κ3) is 4.53. The van der Waals surface area contributed by atoms with E-state index >= 15 is 0 Å². The van der Waals surface area contributed by atoms with E-state index in [0.29, 0.717) is 11.0 Å². The predicted octanol–water partition coefficient (Wildman–Crippen LogP) is 2.28. The molecule has 2 aromatic rings. The number of aromatic nitrogens is 2. The third-order valence-electron chi connectivity index (χ3n) is 2.93. The van der Waals surface area contributed by atoms with E-state index in [1.807, 2.05) is 0 Å². The van der Waals surface area contributed by atoms with Gasteiger partial charge in [-0.05, 0) is 19.1 Å². The molecule has 1 amide bonds. The van der Waals surface area contributed by atoms with Gasteiger partial charge in [0.2, 0.25) is 5.91 Å². The molecule has 0 aliphatic carbocycles. The zero-order valence-corrected chi connectivity index (χ0v) is 13.5. The fourth-order valence-corrected chi connectivity index (χ4v) is 1.95. The molecule has 3 N–H and O–H groups in total. The highest BCUT2D eigenvalue weighted by Crippen LogP contribution is 2.23. The Labute approximate surface area is 139 Å². The highest BCUT2D eigenvalue weighted by molar-refractivity contribution is 5.85. The summed E-state index contributed by atoms with van der Waals surface area (Å²) in [5, 5.41) is 2.58. The average molecular weight is 355 g/mol. The number of fused-ring (bicyclic) bond motifs is 1. The number of nitrogens with one attached hydrogen (secondary N) is 1. The average Bonchev–Trinajstić information content (AvgIpc) is 2.76. The zero-order valence-electron chi connectivity index (χ0n) is 11.8. The molecule has 0 fully saturated rings. The Morgan fingerprint density at radius 2 is 2.00 bits per heavy atom. The molecule has 22 heavy (non-hydrogen) atoms. The predicted molar refractivity (Wildman–Crippen MR) is 85.8 cm³/mol. The Balaban J connectivity index is 0.00000220. The van der Waals surface area contributed by atoms with Gasteiger partial charge in [-0.15, -0.1) is 24.8 Å². The lowest BCUT2D eigenvalue weighted by Gasteiger charge is -2.09. The lowest BCUT2D eigenvalue weighted by Crippen LogP contribution is -2.39. The van der Waals surface area contributed by atoms with Crippen molar-refractivity contribution in [1.82, 2.24) is 14.9 Å². The molecule has 1 atom stereocenters. The summed E-state index contributed by atoms with van der Waals surface area (Å²) in [6.45, 7) is -0.887. The Hall–Kier alpha value is -1.44. The number of alkyl halides is 2. The lowest BCUT2D eigenvalue weighted by molar-refractivity contribution is -0.121. The number of amides is 1. The largest absolute Gasteiger partial charge is 0.354 e. The van der Waals surface area contributed by atoms with Crippen molar-refractivity contribution in [2.45, 2.75) is 25.9 Å². The maximum absolute atomic E-state index is 13.1. The van der Waals surface area contributed by atoms with Gasteiger partial charge in [0.15, 0.2) is 0 Å². The lowest BCUT2D eigenvalue weighted by atomic mass is 10.3. The van der Waals surface area contributed by atoms with Crippen LogP contribution in [0.15, 0.2) is 24.3 Å². The molecule has 124 valence electrons. The molecule has 0 aliphatic heterocycles. The van der Waals surface area contributed by atoms with Crippen LogP contribution in [0, 0.1) is 0 Å². The third-order valence-corrected chi connectivity index (χ3v) is 2.93. The van der Waals surface area contributed by atoms with Crippen LogP contribution in [0.5, 0.6) is 0 Å². The monoisotopic (exact) mass is 354 g/mol. The van der Waals surface area contributed by atoms with Crippen LogP contribution in [0.4, 0.5) is 8.78 Å². The van der Waals surface area contributed by atoms with Crippen LogP contribution in [-0.2, 0) is 11.2 Å². The molecule has 0 bridgehead atoms. The molecule has 1 aromatic heterocycles. The zero-order chi connectivity index (χ0) is 14.7. The van der Waals surface area contributed by atoms with Crippen LogP contribution in [0.2, 0.25) is 0 Å². The quantitative estimate of drug-likeness (QED) is 0.864. The number of benzene rings is 1. The SMILES string of the molecule is C[C@@H](N)C(=O)NCCc1nc2ccccc2n1C(F)F.Cl.Cl. The van der Waals surface area contributed by atoms with Crippen molar-refractivity contribution in [2.75, 3.05) is 6.54 Å². The molecule has 1 heterocycles. The summed E-state index contributed by atoms with van der Waals surface area (Å²) < 4.78 is 27.1. The number of nitrogens with two attached hydrogens (primary N) is 1. The van der Waals surface area contributed by atoms with E-state index in [1.165, 1.54) is 0 Å². The Morgan fingerprint density at radius 3 is 2.59 bits per heavy atom. The second-order valence-electron chi connectivity index (χ2n) is 4.49. The van der Waals surface area contributed by atoms with E-state index in [1.54, 1.807) is 31.2 Å². The van der Waals surface area contributed by atoms with Gasteiger partial charge in [0.1, 0.15) is 5.82 Å². The number of rotatable bonds is 5. The van der Waals surface area contributed by atoms with E-state index in [4.69, 9.17) is 5.73 Å². The first-order valence-corrected chi connectivity index (χ1v) is 6.28. The highest BCUT2D eigenvalue weighted by atomic mass is 35.5. The molecule has 0 radical (unpaired) electrons. The van der Waals surface area contributed by atoms with Crippen LogP contribution in [0.3, 0.4) is 0 Å². The van der Waals surface area contributed by atoms with Gasteiger partial charge in [0.25, 0.3) is 0 Å². The van der Waals surface area contributed by atoms with Crippen molar-refractivity contribution in [3.63, 3.8) is 0 Å². The van der Waals surface area contributed by atoms with Crippen LogP contribution in [0.1, 0.15) is 19.3 Å². The van der Waals surface area contributed by atoms with E-state index in [0.717, 1.165) is 4.57 Å². The smallest absolute Gasteiger partial charge is 0.320 e. The first kappa shape index (κ1) is 20.6. The van der Waals surface area contributed by atoms with Crippen LogP contribution in [-0.4, -0.2) is 28.0 Å². The fourth-order valence-electron chi connectivity index (χ4n) is 1.95. The van der Waals surface area contributed by atoms with Crippen molar-refractivity contribution in [1.29, 1.82) is 0 Å². The van der Waals surface area contributed by atoms with Gasteiger partial charge < -0.3 is 11.1 Å². The molecule has 9 heteroatoms. The van der Waals surface area contributed by atoms with Crippen molar-refractivity contribution < 1.29 is 13.6 Å². The minimum atomic E-state index is -2.67. The second-order valence-corrected chi connectivity index (χ2v) is 4.49. The molecule has 1 aromatic carbocycles. The summed E-state index contributed by atoms with van der Waals surface area (Å²) in [5.41, 5.74) is 6.30. The minimum Gasteiger partial charge on any atom is -0.354 e. The number of halogens is 4. The minimum absolute atomic E-state index is 0. The molecular weight excluding hydrogens is 337 g/mol. The van der Waals surface area contributed by atoms with Gasteiger partial charge in [0.05, 0.1) is 17.1 Å². The molecule has 2 rings (SSSR count). The summed E-state index contributed by atoms with van der Waals surface area (Å²) >= 11 is 0. The van der Waals surface area contributed by atoms with Crippen LogP contribution >= 0.6 is 24.8 Å². The molecule has 5 nitrogen and oxygen atoms in total. The van der Waals surface area contributed by atoms with Gasteiger partial charge in [0, 0.05) is 13.0 Å². The van der Waals surface area contributed by atoms with E-state index in [9.17, 15) is 13.6 Å². The van der Waals surface area contributed by atoms with Crippen LogP contribution in [0.25, 0.3) is 11.0 Å². The summed E-state index contributed by atoms with van der Waals surface area (Å²) in [7, 11) is 0. The molecule has 0 saturated heterocycles. The molecule has 0 unspecified atom stereocenters. The second kappa shape index (κ2) is 8.87. The topological polar surface area (TPSA) is 72.9 Å². The number of carbonyl (C=O) groups is 1. The first-order valence-electron chi connectivity index (χ1n) is 6.28. The number of imidazole rings is 1. The Morgan fingerprint density at radius 1 is 1.36 bits per heavy atom. The summed E-state index contributed by atoms with van der Waals surface area (Å²) in [6.07, 6.45) is 0.220. The fraction of sp³-hybridized carbons (Fsp3) is 0.385. The van der Waals surface area contributed by atoms with E-state index < -0.39 is 12.6 Å². The summed E-state index contributed by atoms with van der Waals surface area (Å²) in [5.74, 6) is -0.0733. The van der Waals surface area contributed by atoms with E-state index in [-0.39, 0.29) is 49.5 Å².